The number of H-pyrrole nitrogens is 2. The van der Waals surface area contributed by atoms with Crippen LogP contribution < -0.4 is 10.2 Å². The first-order chi connectivity index (χ1) is 6.22. The summed E-state index contributed by atoms with van der Waals surface area (Å²) >= 11 is 0. The summed E-state index contributed by atoms with van der Waals surface area (Å²) in [5.74, 6) is 0.446. The third kappa shape index (κ3) is 1.09. The van der Waals surface area contributed by atoms with Gasteiger partial charge in [0.05, 0.1) is 18.3 Å². The van der Waals surface area contributed by atoms with Crippen LogP contribution in [0.1, 0.15) is 5.69 Å². The highest BCUT2D eigenvalue weighted by Crippen LogP contribution is 2.12. The van der Waals surface area contributed by atoms with Crippen molar-refractivity contribution in [2.75, 3.05) is 7.11 Å². The minimum absolute atomic E-state index is 0.119. The Morgan fingerprint density at radius 1 is 1.46 bits per heavy atom. The van der Waals surface area contributed by atoms with Gasteiger partial charge in [0.2, 0.25) is 5.43 Å². The zero-order chi connectivity index (χ0) is 9.42. The van der Waals surface area contributed by atoms with Crippen molar-refractivity contribution < 1.29 is 4.74 Å². The maximum absolute atomic E-state index is 11.4. The SMILES string of the molecule is COc1cc(=O)c2[nH]nc(C)c2[nH]1. The van der Waals surface area contributed by atoms with Gasteiger partial charge in [-0.15, -0.1) is 0 Å². The van der Waals surface area contributed by atoms with Gasteiger partial charge in [-0.3, -0.25) is 9.89 Å². The van der Waals surface area contributed by atoms with Gasteiger partial charge in [-0.25, -0.2) is 0 Å². The van der Waals surface area contributed by atoms with Crippen LogP contribution in [0.3, 0.4) is 0 Å². The minimum Gasteiger partial charge on any atom is -0.482 e. The van der Waals surface area contributed by atoms with Crippen LogP contribution in [-0.4, -0.2) is 22.3 Å². The van der Waals surface area contributed by atoms with Gasteiger partial charge in [0.25, 0.3) is 0 Å². The molecule has 0 aromatic carbocycles. The monoisotopic (exact) mass is 179 g/mol. The molecule has 0 aliphatic rings. The van der Waals surface area contributed by atoms with Gasteiger partial charge >= 0.3 is 0 Å². The van der Waals surface area contributed by atoms with E-state index in [0.29, 0.717) is 16.9 Å². The van der Waals surface area contributed by atoms with Crippen molar-refractivity contribution in [2.24, 2.45) is 0 Å². The maximum atomic E-state index is 11.4. The van der Waals surface area contributed by atoms with E-state index in [4.69, 9.17) is 4.74 Å². The third-order valence-electron chi connectivity index (χ3n) is 1.92. The van der Waals surface area contributed by atoms with Crippen molar-refractivity contribution in [1.29, 1.82) is 0 Å². The quantitative estimate of drug-likeness (QED) is 0.672. The Labute approximate surface area is 73.7 Å². The van der Waals surface area contributed by atoms with Crippen molar-refractivity contribution in [1.82, 2.24) is 15.2 Å². The van der Waals surface area contributed by atoms with Crippen molar-refractivity contribution >= 4 is 11.0 Å². The van der Waals surface area contributed by atoms with Gasteiger partial charge in [-0.05, 0) is 6.92 Å². The van der Waals surface area contributed by atoms with E-state index in [1.54, 1.807) is 0 Å². The smallest absolute Gasteiger partial charge is 0.211 e. The normalized spacial score (nSPS) is 10.6. The molecule has 2 N–H and O–H groups in total. The summed E-state index contributed by atoms with van der Waals surface area (Å²) in [6, 6.07) is 1.39. The largest absolute Gasteiger partial charge is 0.482 e. The fourth-order valence-electron chi connectivity index (χ4n) is 1.22. The molecular weight excluding hydrogens is 170 g/mol. The topological polar surface area (TPSA) is 70.8 Å². The number of aryl methyl sites for hydroxylation is 1. The van der Waals surface area contributed by atoms with Gasteiger partial charge in [0.1, 0.15) is 5.52 Å². The Morgan fingerprint density at radius 2 is 2.23 bits per heavy atom. The van der Waals surface area contributed by atoms with E-state index in [1.807, 2.05) is 6.92 Å². The predicted octanol–water partition coefficient (Wildman–Crippen LogP) is 0.568. The summed E-state index contributed by atoms with van der Waals surface area (Å²) in [5, 5.41) is 6.58. The molecule has 0 radical (unpaired) electrons. The van der Waals surface area contributed by atoms with Crippen LogP contribution in [0, 0.1) is 6.92 Å². The number of aromatic amines is 2. The molecule has 68 valence electrons. The first-order valence-corrected chi connectivity index (χ1v) is 3.84. The summed E-state index contributed by atoms with van der Waals surface area (Å²) < 4.78 is 4.93. The summed E-state index contributed by atoms with van der Waals surface area (Å²) in [5.41, 5.74) is 1.82. The summed E-state index contributed by atoms with van der Waals surface area (Å²) in [4.78, 5) is 14.4. The van der Waals surface area contributed by atoms with Crippen LogP contribution in [0.15, 0.2) is 10.9 Å². The highest BCUT2D eigenvalue weighted by molar-refractivity contribution is 5.76. The summed E-state index contributed by atoms with van der Waals surface area (Å²) in [6.45, 7) is 1.81. The molecule has 0 spiro atoms. The molecular formula is C8H9N3O2. The van der Waals surface area contributed by atoms with Crippen molar-refractivity contribution in [3.63, 3.8) is 0 Å². The Hall–Kier alpha value is -1.78. The Bertz CT molecular complexity index is 498. The number of hydrogen-bond acceptors (Lipinski definition) is 3. The second kappa shape index (κ2) is 2.62. The van der Waals surface area contributed by atoms with Crippen LogP contribution in [0.2, 0.25) is 0 Å². The Kier molecular flexibility index (Phi) is 1.58. The van der Waals surface area contributed by atoms with Crippen LogP contribution in [0.4, 0.5) is 0 Å². The van der Waals surface area contributed by atoms with E-state index >= 15 is 0 Å². The van der Waals surface area contributed by atoms with Crippen molar-refractivity contribution in [3.8, 4) is 5.88 Å². The third-order valence-corrected chi connectivity index (χ3v) is 1.92. The van der Waals surface area contributed by atoms with E-state index in [2.05, 4.69) is 15.2 Å². The van der Waals surface area contributed by atoms with Crippen LogP contribution in [-0.2, 0) is 0 Å². The molecule has 0 aliphatic heterocycles. The lowest BCUT2D eigenvalue weighted by Crippen LogP contribution is -2.02. The molecule has 2 heterocycles. The lowest BCUT2D eigenvalue weighted by molar-refractivity contribution is 0.399. The number of rotatable bonds is 1. The van der Waals surface area contributed by atoms with Gasteiger partial charge in [0.15, 0.2) is 5.88 Å². The van der Waals surface area contributed by atoms with Crippen LogP contribution in [0.25, 0.3) is 11.0 Å². The number of aromatic nitrogens is 3. The minimum atomic E-state index is -0.119. The van der Waals surface area contributed by atoms with Crippen LogP contribution >= 0.6 is 0 Å². The molecule has 0 aliphatic carbocycles. The Balaban J connectivity index is 2.88. The predicted molar refractivity (Wildman–Crippen MR) is 48.0 cm³/mol. The molecule has 2 aromatic rings. The molecule has 0 fully saturated rings. The zero-order valence-electron chi connectivity index (χ0n) is 7.34. The number of hydrogen-bond donors (Lipinski definition) is 2. The number of ether oxygens (including phenoxy) is 1. The second-order valence-electron chi connectivity index (χ2n) is 2.76. The Morgan fingerprint density at radius 3 is 2.92 bits per heavy atom. The first-order valence-electron chi connectivity index (χ1n) is 3.84. The maximum Gasteiger partial charge on any atom is 0.211 e. The number of fused-ring (bicyclic) bond motifs is 1. The number of pyridine rings is 1. The summed E-state index contributed by atoms with van der Waals surface area (Å²) in [6.07, 6.45) is 0. The molecule has 5 heteroatoms. The van der Waals surface area contributed by atoms with E-state index in [1.165, 1.54) is 13.2 Å². The molecule has 0 amide bonds. The fraction of sp³-hybridized carbons (Fsp3) is 0.250. The highest BCUT2D eigenvalue weighted by Gasteiger charge is 2.06. The molecule has 0 bridgehead atoms. The molecule has 2 rings (SSSR count). The average molecular weight is 179 g/mol. The van der Waals surface area contributed by atoms with Gasteiger partial charge in [0, 0.05) is 6.07 Å². The van der Waals surface area contributed by atoms with Gasteiger partial charge in [-0.1, -0.05) is 0 Å². The standard InChI is InChI=1S/C8H9N3O2/c1-4-7-8(11-10-4)5(12)3-6(9-7)13-2/h3H,1-2H3,(H,9,12)(H,10,11). The molecule has 13 heavy (non-hydrogen) atoms. The van der Waals surface area contributed by atoms with E-state index < -0.39 is 0 Å². The molecule has 0 unspecified atom stereocenters. The number of nitrogens with one attached hydrogen (secondary N) is 2. The molecule has 0 saturated carbocycles. The molecule has 2 aromatic heterocycles. The lowest BCUT2D eigenvalue weighted by atomic mass is 10.3. The average Bonchev–Trinajstić information content (AvgIpc) is 2.48. The van der Waals surface area contributed by atoms with E-state index in [-0.39, 0.29) is 5.43 Å². The molecule has 5 nitrogen and oxygen atoms in total. The number of nitrogens with zero attached hydrogens (tertiary/aromatic N) is 1. The van der Waals surface area contributed by atoms with Gasteiger partial charge in [-0.2, -0.15) is 5.10 Å². The van der Waals surface area contributed by atoms with Crippen molar-refractivity contribution in [2.45, 2.75) is 6.92 Å². The fourth-order valence-corrected chi connectivity index (χ4v) is 1.22. The zero-order valence-corrected chi connectivity index (χ0v) is 7.34. The molecule has 0 atom stereocenters. The van der Waals surface area contributed by atoms with Crippen LogP contribution in [0.5, 0.6) is 5.88 Å². The summed E-state index contributed by atoms with van der Waals surface area (Å²) in [7, 11) is 1.51. The first kappa shape index (κ1) is 7.85. The lowest BCUT2D eigenvalue weighted by Gasteiger charge is -1.98. The van der Waals surface area contributed by atoms with Gasteiger partial charge < -0.3 is 9.72 Å². The number of methoxy groups -OCH3 is 1. The second-order valence-corrected chi connectivity index (χ2v) is 2.76. The van der Waals surface area contributed by atoms with E-state index in [9.17, 15) is 4.79 Å². The highest BCUT2D eigenvalue weighted by atomic mass is 16.5. The van der Waals surface area contributed by atoms with E-state index in [0.717, 1.165) is 5.69 Å². The van der Waals surface area contributed by atoms with Crippen molar-refractivity contribution in [3.05, 3.63) is 22.0 Å². The molecule has 0 saturated heterocycles.